The van der Waals surface area contributed by atoms with Gasteiger partial charge in [-0.1, -0.05) is 108 Å². The third-order valence-corrected chi connectivity index (χ3v) is 23.0. The lowest BCUT2D eigenvalue weighted by Gasteiger charge is -2.31. The van der Waals surface area contributed by atoms with Crippen molar-refractivity contribution in [3.63, 3.8) is 0 Å². The summed E-state index contributed by atoms with van der Waals surface area (Å²) in [6.07, 6.45) is -1.75. The number of aliphatic hydroxyl groups is 4. The monoisotopic (exact) mass is 1440 g/mol. The minimum atomic E-state index is -5.13. The van der Waals surface area contributed by atoms with Crippen LogP contribution in [0, 0.1) is 0 Å². The first-order valence-corrected chi connectivity index (χ1v) is 35.9. The number of nitrogens with zero attached hydrogens (tertiary/aromatic N) is 10. The van der Waals surface area contributed by atoms with E-state index in [-0.39, 0.29) is 76.7 Å². The van der Waals surface area contributed by atoms with Crippen molar-refractivity contribution in [1.29, 1.82) is 0 Å². The van der Waals surface area contributed by atoms with Crippen molar-refractivity contribution in [3.05, 3.63) is 152 Å². The Morgan fingerprint density at radius 2 is 0.924 bits per heavy atom. The molecule has 0 radical (unpaired) electrons. The molecule has 12 rings (SSSR count). The number of rotatable bonds is 24. The third-order valence-electron chi connectivity index (χ3n) is 16.5. The molecule has 2 aliphatic carbocycles. The lowest BCUT2D eigenvalue weighted by molar-refractivity contribution is -0.0494. The van der Waals surface area contributed by atoms with E-state index in [1.54, 1.807) is 0 Å². The second-order valence-corrected chi connectivity index (χ2v) is 29.9. The Bertz CT molecular complexity index is 3850. The van der Waals surface area contributed by atoms with E-state index >= 15 is 13.7 Å². The van der Waals surface area contributed by atoms with Crippen LogP contribution >= 0.6 is 93.1 Å². The lowest BCUT2D eigenvalue weighted by Crippen LogP contribution is -2.34. The predicted molar refractivity (Wildman–Crippen MR) is 345 cm³/mol. The zero-order valence-corrected chi connectivity index (χ0v) is 56.1. The van der Waals surface area contributed by atoms with Gasteiger partial charge in [-0.05, 0) is 121 Å². The topological polar surface area (TPSA) is 300 Å². The van der Waals surface area contributed by atoms with Crippen molar-refractivity contribution >= 4 is 127 Å². The van der Waals surface area contributed by atoms with Gasteiger partial charge in [0.05, 0.1) is 25.9 Å². The molecule has 4 aliphatic rings. The van der Waals surface area contributed by atoms with E-state index in [1.165, 1.54) is 119 Å². The zero-order chi connectivity index (χ0) is 64.8. The molecule has 34 heteroatoms. The molecule has 4 N–H and O–H groups in total. The van der Waals surface area contributed by atoms with E-state index in [9.17, 15) is 20.4 Å². The summed E-state index contributed by atoms with van der Waals surface area (Å²) in [7, 11) is -10.8. The molecule has 2 aliphatic heterocycles. The molecule has 4 fully saturated rings. The van der Waals surface area contributed by atoms with Gasteiger partial charge in [-0.15, -0.1) is 0 Å². The summed E-state index contributed by atoms with van der Waals surface area (Å²) in [4.78, 5) is 31.0. The Morgan fingerprint density at radius 1 is 0.554 bits per heavy atom. The fourth-order valence-electron chi connectivity index (χ4n) is 11.9. The molecule has 8 aromatic rings. The number of aliphatic hydroxyl groups excluding tert-OH is 4. The highest BCUT2D eigenvalue weighted by Crippen LogP contribution is 2.68. The summed E-state index contributed by atoms with van der Waals surface area (Å²) in [5.74, 6) is -3.50. The number of imidazole rings is 2. The van der Waals surface area contributed by atoms with Gasteiger partial charge >= 0.3 is 23.4 Å². The summed E-state index contributed by atoms with van der Waals surface area (Å²) in [5.41, 5.74) is 0.990. The largest absolute Gasteiger partial charge is 0.422 e. The number of ether oxygens (including phenoxy) is 2. The number of hydrogen-bond acceptors (Lipinski definition) is 23. The SMILES string of the molecule is CN(c1nc(Cl)nc2c1ncn2[C@@H]1O[C@H](COP(=O)(Oc2cccc(Cl)c2)C(O[PH](=O)OC(c2cccc(Cl)c2)P(=O)(OC[C@H]2O[C@@H](n3cnc4c(N(C)C5CCCC5)nc(Cl)nc43)[C@H](O)[C@@H]2O)Oc2cccc(Cl)c2)c2cccc(Cl)c2)[C@@H](O)[C@H]1O)C1CCCC1. The fourth-order valence-corrected chi connectivity index (χ4v) is 18.3. The Balaban J connectivity index is 0.849. The maximum absolute atomic E-state index is 16.1. The van der Waals surface area contributed by atoms with E-state index in [1.807, 2.05) is 23.9 Å². The van der Waals surface area contributed by atoms with Crippen LogP contribution in [0.2, 0.25) is 30.7 Å². The molecule has 0 amide bonds. The molecular weight excluding hydrogens is 1380 g/mol. The molecular formula is C58H61Cl6N10O15P3. The number of halogens is 6. The van der Waals surface area contributed by atoms with E-state index in [0.29, 0.717) is 22.7 Å². The molecule has 490 valence electrons. The van der Waals surface area contributed by atoms with Crippen molar-refractivity contribution in [2.24, 2.45) is 0 Å². The molecule has 2 saturated heterocycles. The standard InChI is InChI=1S/C58H61Cl6N10O15P3/c1-71(37-17-3-4-18-37)49-43-51(69-57(63)67-49)73(29-65-43)53-47(77)45(75)41(84-53)27-82-91(80,88-39-21-9-15-35(61)25-39)55(31-11-7-13-33(59)23-31)86-90(79)87-56(32-12-8-14-34(60)24-32)92(81,89-40-22-10-16-36(62)26-40)83-28-42-46(76)48(78)54(85-42)74-30-66-44-50(68-58(64)70-52(44)74)72(2)38-19-5-6-20-38/h7-16,21-26,29-30,37-38,41-42,45-48,53-56,75-78,90H,3-6,17-20,27-28H2,1-2H3/t41-,42-,45-,46-,47-,48-,53-,54-,55?,56?,91?,92?/m1/s1. The van der Waals surface area contributed by atoms with Gasteiger partial charge in [0.25, 0.3) is 0 Å². The first kappa shape index (κ1) is 67.2. The van der Waals surface area contributed by atoms with Gasteiger partial charge in [0.2, 0.25) is 22.3 Å². The third kappa shape index (κ3) is 14.3. The second kappa shape index (κ2) is 28.5. The van der Waals surface area contributed by atoms with E-state index in [0.717, 1.165) is 51.4 Å². The zero-order valence-electron chi connectivity index (χ0n) is 48.8. The van der Waals surface area contributed by atoms with Crippen LogP contribution in [0.15, 0.2) is 110 Å². The van der Waals surface area contributed by atoms with Gasteiger partial charge in [-0.3, -0.25) is 31.8 Å². The minimum absolute atomic E-state index is 0.0544. The Labute approximate surface area is 557 Å². The molecule has 12 atom stereocenters. The van der Waals surface area contributed by atoms with Crippen molar-refractivity contribution in [2.75, 3.05) is 37.1 Å². The molecule has 4 aromatic heterocycles. The average molecular weight is 1440 g/mol. The first-order valence-electron chi connectivity index (χ1n) is 29.2. The minimum Gasteiger partial charge on any atom is -0.422 e. The van der Waals surface area contributed by atoms with Crippen molar-refractivity contribution in [1.82, 2.24) is 39.0 Å². The van der Waals surface area contributed by atoms with Crippen molar-refractivity contribution in [3.8, 4) is 11.5 Å². The van der Waals surface area contributed by atoms with Gasteiger partial charge in [0.1, 0.15) is 48.1 Å². The number of aromatic nitrogens is 8. The molecule has 0 spiro atoms. The van der Waals surface area contributed by atoms with Gasteiger partial charge in [0.15, 0.2) is 46.4 Å². The van der Waals surface area contributed by atoms with Gasteiger partial charge in [0, 0.05) is 46.3 Å². The number of anilines is 2. The normalized spacial score (nSPS) is 24.4. The van der Waals surface area contributed by atoms with Gasteiger partial charge < -0.3 is 48.7 Å². The summed E-state index contributed by atoms with van der Waals surface area (Å²) >= 11 is 39.0. The van der Waals surface area contributed by atoms with Crippen LogP contribution in [0.25, 0.3) is 22.3 Å². The summed E-state index contributed by atoms with van der Waals surface area (Å²) in [6.45, 7) is -1.59. The van der Waals surface area contributed by atoms with Crippen LogP contribution in [0.5, 0.6) is 11.5 Å². The molecule has 0 bridgehead atoms. The van der Waals surface area contributed by atoms with Crippen molar-refractivity contribution < 1.29 is 70.7 Å². The highest BCUT2D eigenvalue weighted by molar-refractivity contribution is 7.55. The van der Waals surface area contributed by atoms with Crippen LogP contribution < -0.4 is 18.8 Å². The number of hydrogen-bond donors (Lipinski definition) is 4. The van der Waals surface area contributed by atoms with E-state index in [4.69, 9.17) is 106 Å². The smallest absolute Gasteiger partial charge is 0.413 e. The quantitative estimate of drug-likeness (QED) is 0.0323. The molecule has 2 saturated carbocycles. The van der Waals surface area contributed by atoms with Crippen LogP contribution in [0.4, 0.5) is 11.6 Å². The highest BCUT2D eigenvalue weighted by Gasteiger charge is 2.51. The Hall–Kier alpha value is -4.79. The summed E-state index contributed by atoms with van der Waals surface area (Å²) in [6, 6.07) is 23.3. The maximum atomic E-state index is 16.1. The van der Waals surface area contributed by atoms with Crippen LogP contribution in [0.3, 0.4) is 0 Å². The van der Waals surface area contributed by atoms with Crippen LogP contribution in [-0.2, 0) is 41.3 Å². The summed E-state index contributed by atoms with van der Waals surface area (Å²) in [5, 5.41) is 47.0. The van der Waals surface area contributed by atoms with E-state index < -0.39 is 97.4 Å². The van der Waals surface area contributed by atoms with Crippen LogP contribution in [-0.4, -0.2) is 135 Å². The van der Waals surface area contributed by atoms with Gasteiger partial charge in [-0.2, -0.15) is 19.9 Å². The summed E-state index contributed by atoms with van der Waals surface area (Å²) < 4.78 is 100. The molecule has 4 aromatic carbocycles. The molecule has 92 heavy (non-hydrogen) atoms. The van der Waals surface area contributed by atoms with Gasteiger partial charge in [-0.25, -0.2) is 19.1 Å². The number of fused-ring (bicyclic) bond motifs is 2. The molecule has 25 nitrogen and oxygen atoms in total. The maximum Gasteiger partial charge on any atom is 0.413 e. The first-order chi connectivity index (χ1) is 44.1. The highest BCUT2D eigenvalue weighted by atomic mass is 35.5. The Kier molecular flexibility index (Phi) is 20.8. The van der Waals surface area contributed by atoms with Crippen molar-refractivity contribution in [2.45, 2.75) is 124 Å². The second-order valence-electron chi connectivity index (χ2n) is 22.5. The Morgan fingerprint density at radius 3 is 1.29 bits per heavy atom. The average Bonchev–Trinajstić information content (AvgIpc) is 1.60. The fraction of sp³-hybridized carbons (Fsp3) is 0.414. The molecule has 4 unspecified atom stereocenters. The number of benzene rings is 4. The van der Waals surface area contributed by atoms with Crippen LogP contribution in [0.1, 0.15) is 86.6 Å². The van der Waals surface area contributed by atoms with E-state index in [2.05, 4.69) is 29.9 Å². The molecule has 6 heterocycles. The predicted octanol–water partition coefficient (Wildman–Crippen LogP) is 13.0. The lowest BCUT2D eigenvalue weighted by atomic mass is 10.1.